The summed E-state index contributed by atoms with van der Waals surface area (Å²) >= 11 is 0. The molecule has 0 aromatic rings. The largest absolute Gasteiger partial charge is 0.382 e. The molecule has 0 radical (unpaired) electrons. The van der Waals surface area contributed by atoms with Gasteiger partial charge in [0.15, 0.2) is 0 Å². The molecule has 1 rings (SSSR count). The summed E-state index contributed by atoms with van der Waals surface area (Å²) in [6, 6.07) is 0. The minimum absolute atomic E-state index is 0.403. The molecular formula is C12H15N3. The maximum atomic E-state index is 5.80. The van der Waals surface area contributed by atoms with E-state index in [1.807, 2.05) is 13.0 Å². The Morgan fingerprint density at radius 3 is 3.13 bits per heavy atom. The van der Waals surface area contributed by atoms with Gasteiger partial charge in [0.05, 0.1) is 6.21 Å². The Morgan fingerprint density at radius 2 is 2.47 bits per heavy atom. The molecule has 1 aliphatic rings. The predicted molar refractivity (Wildman–Crippen MR) is 64.6 cm³/mol. The van der Waals surface area contributed by atoms with Gasteiger partial charge >= 0.3 is 0 Å². The number of nitrogens with zero attached hydrogens (tertiary/aromatic N) is 2. The molecule has 0 bridgehead atoms. The van der Waals surface area contributed by atoms with E-state index in [-0.39, 0.29) is 0 Å². The lowest BCUT2D eigenvalue weighted by molar-refractivity contribution is 0.686. The fourth-order valence-electron chi connectivity index (χ4n) is 1.34. The third-order valence-corrected chi connectivity index (χ3v) is 2.43. The molecule has 1 aliphatic heterocycles. The van der Waals surface area contributed by atoms with Gasteiger partial charge in [-0.2, -0.15) is 0 Å². The topological polar surface area (TPSA) is 50.7 Å². The van der Waals surface area contributed by atoms with Gasteiger partial charge in [0.1, 0.15) is 11.5 Å². The first kappa shape index (κ1) is 11.3. The second-order valence-electron chi connectivity index (χ2n) is 3.49. The van der Waals surface area contributed by atoms with Gasteiger partial charge in [-0.25, -0.2) is 9.98 Å². The maximum Gasteiger partial charge on any atom is 0.149 e. The van der Waals surface area contributed by atoms with Crippen molar-refractivity contribution in [2.45, 2.75) is 20.3 Å². The van der Waals surface area contributed by atoms with Crippen molar-refractivity contribution in [2.24, 2.45) is 21.6 Å². The highest BCUT2D eigenvalue weighted by molar-refractivity contribution is 5.99. The van der Waals surface area contributed by atoms with Gasteiger partial charge < -0.3 is 5.73 Å². The SMILES string of the molecule is C#C\C=N/C1=C(\C)C(C)C/C=C/N=C\1N. The third-order valence-electron chi connectivity index (χ3n) is 2.43. The van der Waals surface area contributed by atoms with Crippen LogP contribution in [0.5, 0.6) is 0 Å². The van der Waals surface area contributed by atoms with Crippen LogP contribution in [0.2, 0.25) is 0 Å². The van der Waals surface area contributed by atoms with Crippen molar-refractivity contribution < 1.29 is 0 Å². The first-order chi connectivity index (χ1) is 7.16. The minimum atomic E-state index is 0.403. The average Bonchev–Trinajstić information content (AvgIpc) is 2.23. The van der Waals surface area contributed by atoms with Crippen LogP contribution in [0.25, 0.3) is 0 Å². The van der Waals surface area contributed by atoms with Gasteiger partial charge in [0, 0.05) is 6.20 Å². The summed E-state index contributed by atoms with van der Waals surface area (Å²) in [5.41, 5.74) is 7.62. The van der Waals surface area contributed by atoms with E-state index in [1.54, 1.807) is 6.20 Å². The molecule has 2 N–H and O–H groups in total. The van der Waals surface area contributed by atoms with E-state index >= 15 is 0 Å². The highest BCUT2D eigenvalue weighted by atomic mass is 14.9. The van der Waals surface area contributed by atoms with E-state index in [4.69, 9.17) is 12.2 Å². The highest BCUT2D eigenvalue weighted by Crippen LogP contribution is 2.21. The van der Waals surface area contributed by atoms with Crippen molar-refractivity contribution in [3.63, 3.8) is 0 Å². The van der Waals surface area contributed by atoms with Crippen molar-refractivity contribution >= 4 is 12.1 Å². The lowest BCUT2D eigenvalue weighted by Crippen LogP contribution is -2.17. The normalized spacial score (nSPS) is 32.6. The second kappa shape index (κ2) is 5.16. The first-order valence-electron chi connectivity index (χ1n) is 4.85. The third kappa shape index (κ3) is 2.81. The minimum Gasteiger partial charge on any atom is -0.382 e. The van der Waals surface area contributed by atoms with Crippen LogP contribution < -0.4 is 5.73 Å². The molecule has 3 heteroatoms. The van der Waals surface area contributed by atoms with E-state index in [1.165, 1.54) is 6.21 Å². The van der Waals surface area contributed by atoms with Crippen LogP contribution in [-0.2, 0) is 0 Å². The summed E-state index contributed by atoms with van der Waals surface area (Å²) in [5.74, 6) is 3.17. The molecule has 0 amide bonds. The van der Waals surface area contributed by atoms with Crippen molar-refractivity contribution in [1.29, 1.82) is 0 Å². The van der Waals surface area contributed by atoms with E-state index in [0.29, 0.717) is 17.5 Å². The number of terminal acetylenes is 1. The van der Waals surface area contributed by atoms with E-state index < -0.39 is 0 Å². The van der Waals surface area contributed by atoms with Gasteiger partial charge in [0.25, 0.3) is 0 Å². The fourth-order valence-corrected chi connectivity index (χ4v) is 1.34. The Kier molecular flexibility index (Phi) is 3.87. The van der Waals surface area contributed by atoms with Crippen LogP contribution in [0.1, 0.15) is 20.3 Å². The number of hydrogen-bond acceptors (Lipinski definition) is 3. The van der Waals surface area contributed by atoms with Gasteiger partial charge in [0.2, 0.25) is 0 Å². The smallest absolute Gasteiger partial charge is 0.149 e. The van der Waals surface area contributed by atoms with Gasteiger partial charge in [-0.15, -0.1) is 6.42 Å². The molecule has 1 heterocycles. The monoisotopic (exact) mass is 201 g/mol. The Morgan fingerprint density at radius 1 is 1.73 bits per heavy atom. The Balaban J connectivity index is 3.17. The van der Waals surface area contributed by atoms with Crippen molar-refractivity contribution in [3.05, 3.63) is 23.5 Å². The Bertz CT molecular complexity index is 392. The summed E-state index contributed by atoms with van der Waals surface area (Å²) in [5, 5.41) is 0. The first-order valence-corrected chi connectivity index (χ1v) is 4.85. The Hall–Kier alpha value is -1.82. The summed E-state index contributed by atoms with van der Waals surface area (Å²) in [6.07, 6.45) is 11.2. The van der Waals surface area contributed by atoms with Crippen LogP contribution in [0.4, 0.5) is 0 Å². The average molecular weight is 201 g/mol. The zero-order valence-corrected chi connectivity index (χ0v) is 9.07. The molecule has 0 aromatic heterocycles. The zero-order chi connectivity index (χ0) is 11.3. The molecule has 1 unspecified atom stereocenters. The molecule has 0 aliphatic carbocycles. The number of amidine groups is 1. The molecule has 0 saturated heterocycles. The van der Waals surface area contributed by atoms with Crippen LogP contribution in [0.15, 0.2) is 33.5 Å². The predicted octanol–water partition coefficient (Wildman–Crippen LogP) is 1.88. The molecule has 3 nitrogen and oxygen atoms in total. The van der Waals surface area contributed by atoms with Crippen molar-refractivity contribution in [3.8, 4) is 12.3 Å². The van der Waals surface area contributed by atoms with Gasteiger partial charge in [-0.3, -0.25) is 0 Å². The van der Waals surface area contributed by atoms with Crippen molar-refractivity contribution in [2.75, 3.05) is 0 Å². The summed E-state index contributed by atoms with van der Waals surface area (Å²) in [4.78, 5) is 8.22. The molecule has 78 valence electrons. The number of hydrogen-bond donors (Lipinski definition) is 1. The molecular weight excluding hydrogens is 186 g/mol. The number of aliphatic imine (C=N–C) groups is 2. The summed E-state index contributed by atoms with van der Waals surface area (Å²) in [7, 11) is 0. The quantitative estimate of drug-likeness (QED) is 0.511. The van der Waals surface area contributed by atoms with Crippen LogP contribution in [-0.4, -0.2) is 12.1 Å². The van der Waals surface area contributed by atoms with Crippen molar-refractivity contribution in [1.82, 2.24) is 0 Å². The molecule has 0 spiro atoms. The lowest BCUT2D eigenvalue weighted by atomic mass is 9.96. The zero-order valence-electron chi connectivity index (χ0n) is 9.07. The summed E-state index contributed by atoms with van der Waals surface area (Å²) < 4.78 is 0. The van der Waals surface area contributed by atoms with Crippen LogP contribution in [0, 0.1) is 18.3 Å². The van der Waals surface area contributed by atoms with Gasteiger partial charge in [-0.05, 0) is 24.8 Å². The number of rotatable bonds is 1. The fraction of sp³-hybridized carbons (Fsp3) is 0.333. The molecule has 1 atom stereocenters. The van der Waals surface area contributed by atoms with Crippen LogP contribution >= 0.6 is 0 Å². The van der Waals surface area contributed by atoms with E-state index in [0.717, 1.165) is 12.0 Å². The Labute approximate surface area is 90.5 Å². The number of nitrogens with two attached hydrogens (primary N) is 1. The standard InChI is InChI=1S/C12H15N3/c1-4-7-14-11-10(3)9(2)6-5-8-15-12(11)13/h1,5,7-9H,6H2,2-3H3,(H2,13,15)/b8-5+,11-10+,14-7-. The number of allylic oxidation sites excluding steroid dienone is 2. The maximum absolute atomic E-state index is 5.80. The molecule has 0 fully saturated rings. The summed E-state index contributed by atoms with van der Waals surface area (Å²) in [6.45, 7) is 4.14. The molecule has 0 saturated carbocycles. The second-order valence-corrected chi connectivity index (χ2v) is 3.49. The molecule has 15 heavy (non-hydrogen) atoms. The van der Waals surface area contributed by atoms with E-state index in [9.17, 15) is 0 Å². The van der Waals surface area contributed by atoms with Crippen LogP contribution in [0.3, 0.4) is 0 Å². The van der Waals surface area contributed by atoms with Gasteiger partial charge in [-0.1, -0.05) is 18.9 Å². The highest BCUT2D eigenvalue weighted by Gasteiger charge is 2.12. The van der Waals surface area contributed by atoms with E-state index in [2.05, 4.69) is 22.8 Å². The lowest BCUT2D eigenvalue weighted by Gasteiger charge is -2.14. The molecule has 0 aromatic carbocycles.